The molecule has 1 fully saturated rings. The van der Waals surface area contributed by atoms with E-state index < -0.39 is 0 Å². The first kappa shape index (κ1) is 8.13. The Balaban J connectivity index is 2.44. The molecule has 0 amide bonds. The molecule has 3 N–H and O–H groups in total. The number of hydrogen-bond donors (Lipinski definition) is 2. The van der Waals surface area contributed by atoms with Gasteiger partial charge in [0.1, 0.15) is 0 Å². The van der Waals surface area contributed by atoms with Crippen LogP contribution in [0.15, 0.2) is 10.3 Å². The molecule has 1 heterocycles. The number of piperidine rings is 1. The number of rotatable bonds is 2. The number of nitrogens with one attached hydrogen (secondary N) is 3. The molecule has 1 aliphatic rings. The number of nitrogens with zero attached hydrogens (tertiary/aromatic N) is 2. The lowest BCUT2D eigenvalue weighted by Gasteiger charge is -2.25. The first-order valence-electron chi connectivity index (χ1n) is 3.71. The molecule has 0 aromatic heterocycles. The third kappa shape index (κ3) is 2.27. The van der Waals surface area contributed by atoms with Crippen LogP contribution >= 0.6 is 0 Å². The Kier molecular flexibility index (Phi) is 2.97. The van der Waals surface area contributed by atoms with Gasteiger partial charge in [-0.2, -0.15) is 5.22 Å². The molecule has 1 unspecified atom stereocenters. The quantitative estimate of drug-likeness (QED) is 0.268. The maximum absolute atomic E-state index is 7.36. The van der Waals surface area contributed by atoms with Crippen LogP contribution in [0.2, 0.25) is 0 Å². The van der Waals surface area contributed by atoms with Gasteiger partial charge in [0.2, 0.25) is 0 Å². The van der Waals surface area contributed by atoms with Crippen LogP contribution in [0.5, 0.6) is 0 Å². The number of amidine groups is 1. The Labute approximate surface area is 65.6 Å². The molecule has 1 saturated heterocycles. The molecule has 0 radical (unpaired) electrons. The zero-order chi connectivity index (χ0) is 8.10. The zero-order valence-electron chi connectivity index (χ0n) is 6.30. The Bertz CT molecular complexity index is 158. The Morgan fingerprint density at radius 3 is 3.00 bits per heavy atom. The van der Waals surface area contributed by atoms with Crippen LogP contribution in [0.1, 0.15) is 12.8 Å². The fourth-order valence-corrected chi connectivity index (χ4v) is 1.22. The summed E-state index contributed by atoms with van der Waals surface area (Å²) in [5.41, 5.74) is 13.8. The van der Waals surface area contributed by atoms with Crippen molar-refractivity contribution >= 4 is 5.84 Å². The van der Waals surface area contributed by atoms with Crippen molar-refractivity contribution in [2.45, 2.75) is 12.8 Å². The van der Waals surface area contributed by atoms with Gasteiger partial charge >= 0.3 is 0 Å². The van der Waals surface area contributed by atoms with Gasteiger partial charge < -0.3 is 16.2 Å². The minimum atomic E-state index is 0.165. The predicted molar refractivity (Wildman–Crippen MR) is 42.5 cm³/mol. The third-order valence-electron chi connectivity index (χ3n) is 1.84. The summed E-state index contributed by atoms with van der Waals surface area (Å²) >= 11 is 0. The molecule has 0 aromatic carbocycles. The van der Waals surface area contributed by atoms with E-state index in [4.69, 9.17) is 11.3 Å². The highest BCUT2D eigenvalue weighted by molar-refractivity contribution is 5.91. The lowest BCUT2D eigenvalue weighted by Crippen LogP contribution is -2.33. The molecule has 0 aromatic rings. The summed E-state index contributed by atoms with van der Waals surface area (Å²) in [4.78, 5) is 0. The van der Waals surface area contributed by atoms with Crippen LogP contribution < -0.4 is 5.32 Å². The van der Waals surface area contributed by atoms with Crippen LogP contribution in [0.4, 0.5) is 0 Å². The van der Waals surface area contributed by atoms with E-state index in [2.05, 4.69) is 15.6 Å². The fourth-order valence-electron chi connectivity index (χ4n) is 1.22. The number of hydrogen-bond acceptors (Lipinski definition) is 3. The summed E-state index contributed by atoms with van der Waals surface area (Å²) in [6.07, 6.45) is 2.07. The molecule has 5 nitrogen and oxygen atoms in total. The minimum Gasteiger partial charge on any atom is -0.484 e. The maximum atomic E-state index is 7.36. The molecule has 1 rings (SSSR count). The van der Waals surface area contributed by atoms with Crippen LogP contribution in [0, 0.1) is 11.4 Å². The standard InChI is InChI=1S/C6H12N5/c7-6(10-11-8)5-2-1-3-9-4-5/h5,9H,1-4H2,(H2-,7,8,10)/q-1. The van der Waals surface area contributed by atoms with Crippen molar-refractivity contribution in [1.82, 2.24) is 5.32 Å². The zero-order valence-corrected chi connectivity index (χ0v) is 6.30. The lowest BCUT2D eigenvalue weighted by atomic mass is 9.99. The van der Waals surface area contributed by atoms with Gasteiger partial charge in [-0.05, 0) is 25.3 Å². The normalized spacial score (nSPS) is 26.5. The van der Waals surface area contributed by atoms with E-state index in [0.29, 0.717) is 0 Å². The Morgan fingerprint density at radius 1 is 1.64 bits per heavy atom. The second-order valence-corrected chi connectivity index (χ2v) is 2.63. The summed E-state index contributed by atoms with van der Waals surface area (Å²) in [6, 6.07) is 0. The van der Waals surface area contributed by atoms with Crippen LogP contribution in [0.25, 0.3) is 5.73 Å². The fraction of sp³-hybridized carbons (Fsp3) is 0.833. The average Bonchev–Trinajstić information content (AvgIpc) is 2.07. The highest BCUT2D eigenvalue weighted by atomic mass is 15.3. The largest absolute Gasteiger partial charge is 0.484 e. The minimum absolute atomic E-state index is 0.165. The molecule has 0 saturated carbocycles. The third-order valence-corrected chi connectivity index (χ3v) is 1.84. The second kappa shape index (κ2) is 4.02. The SMILES string of the molecule is N=N/N=C(\[NH-])C1CCCNC1. The van der Waals surface area contributed by atoms with Crippen molar-refractivity contribution in [2.24, 2.45) is 16.2 Å². The van der Waals surface area contributed by atoms with E-state index in [-0.39, 0.29) is 11.8 Å². The smallest absolute Gasteiger partial charge is 0.00134 e. The van der Waals surface area contributed by atoms with Gasteiger partial charge in [-0.15, -0.1) is 0 Å². The van der Waals surface area contributed by atoms with Gasteiger partial charge in [0, 0.05) is 6.54 Å². The Morgan fingerprint density at radius 2 is 2.45 bits per heavy atom. The van der Waals surface area contributed by atoms with Crippen molar-refractivity contribution < 1.29 is 0 Å². The molecule has 11 heavy (non-hydrogen) atoms. The Hall–Kier alpha value is -0.970. The van der Waals surface area contributed by atoms with Crippen LogP contribution in [-0.2, 0) is 0 Å². The van der Waals surface area contributed by atoms with Gasteiger partial charge in [0.25, 0.3) is 0 Å². The molecule has 0 bridgehead atoms. The van der Waals surface area contributed by atoms with Gasteiger partial charge in [-0.25, -0.2) is 5.53 Å². The van der Waals surface area contributed by atoms with E-state index in [9.17, 15) is 0 Å². The van der Waals surface area contributed by atoms with E-state index in [1.807, 2.05) is 0 Å². The van der Waals surface area contributed by atoms with Crippen molar-refractivity contribution in [3.8, 4) is 0 Å². The van der Waals surface area contributed by atoms with Gasteiger partial charge in [-0.3, -0.25) is 0 Å². The molecule has 5 heteroatoms. The predicted octanol–water partition coefficient (Wildman–Crippen LogP) is 1.38. The summed E-state index contributed by atoms with van der Waals surface area (Å²) in [5.74, 6) is 0.394. The highest BCUT2D eigenvalue weighted by Crippen LogP contribution is 2.12. The summed E-state index contributed by atoms with van der Waals surface area (Å²) < 4.78 is 0. The second-order valence-electron chi connectivity index (χ2n) is 2.63. The van der Waals surface area contributed by atoms with E-state index in [1.165, 1.54) is 0 Å². The van der Waals surface area contributed by atoms with E-state index >= 15 is 0 Å². The lowest BCUT2D eigenvalue weighted by molar-refractivity contribution is 0.458. The van der Waals surface area contributed by atoms with Gasteiger partial charge in [0.05, 0.1) is 0 Å². The van der Waals surface area contributed by atoms with Crippen LogP contribution in [0.3, 0.4) is 0 Å². The molecule has 1 atom stereocenters. The summed E-state index contributed by atoms with van der Waals surface area (Å²) in [6.45, 7) is 1.83. The topological polar surface area (TPSA) is 84.4 Å². The van der Waals surface area contributed by atoms with E-state index in [0.717, 1.165) is 25.9 Å². The molecular formula is C6H12N5-. The van der Waals surface area contributed by atoms with Crippen molar-refractivity contribution in [1.29, 1.82) is 5.53 Å². The van der Waals surface area contributed by atoms with Crippen molar-refractivity contribution in [2.75, 3.05) is 13.1 Å². The van der Waals surface area contributed by atoms with Crippen molar-refractivity contribution in [3.63, 3.8) is 0 Å². The first-order valence-corrected chi connectivity index (χ1v) is 3.71. The average molecular weight is 154 g/mol. The van der Waals surface area contributed by atoms with E-state index in [1.54, 1.807) is 0 Å². The monoisotopic (exact) mass is 154 g/mol. The van der Waals surface area contributed by atoms with Crippen LogP contribution in [-0.4, -0.2) is 18.9 Å². The van der Waals surface area contributed by atoms with Gasteiger partial charge in [-0.1, -0.05) is 5.84 Å². The highest BCUT2D eigenvalue weighted by Gasteiger charge is 2.11. The molecule has 0 spiro atoms. The maximum Gasteiger partial charge on any atom is 0.00134 e. The van der Waals surface area contributed by atoms with Crippen molar-refractivity contribution in [3.05, 3.63) is 5.73 Å². The molecular weight excluding hydrogens is 142 g/mol. The van der Waals surface area contributed by atoms with Gasteiger partial charge in [0.15, 0.2) is 0 Å². The molecule has 62 valence electrons. The molecule has 0 aliphatic carbocycles. The summed E-state index contributed by atoms with van der Waals surface area (Å²) in [5, 5.41) is 9.39. The summed E-state index contributed by atoms with van der Waals surface area (Å²) in [7, 11) is 0. The molecule has 1 aliphatic heterocycles. The first-order chi connectivity index (χ1) is 5.34.